The summed E-state index contributed by atoms with van der Waals surface area (Å²) in [5.41, 5.74) is 0. The number of hydrogen-bond donors (Lipinski definition) is 1. The Kier molecular flexibility index (Phi) is 6.04. The van der Waals surface area contributed by atoms with E-state index in [0.717, 1.165) is 32.7 Å². The quantitative estimate of drug-likeness (QED) is 0.659. The fraction of sp³-hybridized carbons (Fsp3) is 0.727. The molecule has 0 saturated heterocycles. The van der Waals surface area contributed by atoms with Crippen LogP contribution in [0.3, 0.4) is 0 Å². The minimum Gasteiger partial charge on any atom is -0.380 e. The Balaban J connectivity index is 1.85. The van der Waals surface area contributed by atoms with E-state index in [1.165, 1.54) is 0 Å². The smallest absolute Gasteiger partial charge is 0.0945 e. The van der Waals surface area contributed by atoms with Crippen molar-refractivity contribution < 1.29 is 4.74 Å². The second-order valence-corrected chi connectivity index (χ2v) is 3.88. The molecule has 0 amide bonds. The lowest BCUT2D eigenvalue weighted by Gasteiger charge is -2.08. The van der Waals surface area contributed by atoms with Crippen molar-refractivity contribution in [3.63, 3.8) is 0 Å². The van der Waals surface area contributed by atoms with Crippen LogP contribution >= 0.6 is 0 Å². The maximum atomic E-state index is 5.49. The minimum atomic E-state index is 0.541. The summed E-state index contributed by atoms with van der Waals surface area (Å²) < 4.78 is 7.55. The molecule has 0 atom stereocenters. The van der Waals surface area contributed by atoms with Gasteiger partial charge in [0.1, 0.15) is 0 Å². The molecule has 86 valence electrons. The van der Waals surface area contributed by atoms with Gasteiger partial charge >= 0.3 is 0 Å². The predicted molar refractivity (Wildman–Crippen MR) is 60.8 cm³/mol. The van der Waals surface area contributed by atoms with Gasteiger partial charge in [0, 0.05) is 38.1 Å². The summed E-state index contributed by atoms with van der Waals surface area (Å²) in [7, 11) is 0. The number of imidazole rings is 1. The number of aromatic nitrogens is 2. The first-order valence-electron chi connectivity index (χ1n) is 5.56. The van der Waals surface area contributed by atoms with E-state index >= 15 is 0 Å². The van der Waals surface area contributed by atoms with E-state index in [1.54, 1.807) is 6.20 Å². The van der Waals surface area contributed by atoms with Crippen molar-refractivity contribution in [3.8, 4) is 0 Å². The van der Waals surface area contributed by atoms with Gasteiger partial charge in [-0.1, -0.05) is 13.8 Å². The third kappa shape index (κ3) is 6.25. The summed E-state index contributed by atoms with van der Waals surface area (Å²) >= 11 is 0. The normalized spacial score (nSPS) is 11.1. The molecule has 0 aliphatic heterocycles. The van der Waals surface area contributed by atoms with Crippen molar-refractivity contribution >= 4 is 0 Å². The van der Waals surface area contributed by atoms with Crippen LogP contribution in [0, 0.1) is 0 Å². The molecule has 0 aliphatic carbocycles. The fourth-order valence-corrected chi connectivity index (χ4v) is 1.29. The molecule has 0 saturated carbocycles. The zero-order chi connectivity index (χ0) is 10.9. The van der Waals surface area contributed by atoms with Gasteiger partial charge in [0.2, 0.25) is 0 Å². The lowest BCUT2D eigenvalue weighted by Crippen LogP contribution is -2.26. The fourth-order valence-electron chi connectivity index (χ4n) is 1.29. The highest BCUT2D eigenvalue weighted by Crippen LogP contribution is 1.91. The molecule has 15 heavy (non-hydrogen) atoms. The molecule has 0 bridgehead atoms. The van der Waals surface area contributed by atoms with Crippen LogP contribution in [-0.4, -0.2) is 35.4 Å². The molecule has 1 aromatic rings. The zero-order valence-corrected chi connectivity index (χ0v) is 9.65. The summed E-state index contributed by atoms with van der Waals surface area (Å²) in [5.74, 6) is 0. The molecule has 1 heterocycles. The molecular weight excluding hydrogens is 190 g/mol. The van der Waals surface area contributed by atoms with Crippen molar-refractivity contribution in [1.82, 2.24) is 14.9 Å². The maximum absolute atomic E-state index is 5.49. The van der Waals surface area contributed by atoms with Crippen LogP contribution in [-0.2, 0) is 11.3 Å². The van der Waals surface area contributed by atoms with Gasteiger partial charge in [-0.05, 0) is 6.42 Å². The summed E-state index contributed by atoms with van der Waals surface area (Å²) in [6.07, 6.45) is 6.64. The Hall–Kier alpha value is -0.870. The van der Waals surface area contributed by atoms with Crippen molar-refractivity contribution in [1.29, 1.82) is 0 Å². The lowest BCUT2D eigenvalue weighted by molar-refractivity contribution is 0.129. The van der Waals surface area contributed by atoms with E-state index in [4.69, 9.17) is 4.74 Å². The third-order valence-electron chi connectivity index (χ3n) is 2.06. The number of nitrogens with one attached hydrogen (secondary N) is 1. The van der Waals surface area contributed by atoms with E-state index in [9.17, 15) is 0 Å². The van der Waals surface area contributed by atoms with Gasteiger partial charge < -0.3 is 14.6 Å². The number of aryl methyl sites for hydroxylation is 1. The highest BCUT2D eigenvalue weighted by atomic mass is 16.5. The first kappa shape index (κ1) is 12.2. The number of ether oxygens (including phenoxy) is 1. The molecule has 1 rings (SSSR count). The van der Waals surface area contributed by atoms with E-state index in [0.29, 0.717) is 6.04 Å². The highest BCUT2D eigenvalue weighted by Gasteiger charge is 1.93. The van der Waals surface area contributed by atoms with Gasteiger partial charge in [-0.2, -0.15) is 0 Å². The van der Waals surface area contributed by atoms with Crippen LogP contribution in [0.5, 0.6) is 0 Å². The van der Waals surface area contributed by atoms with Crippen LogP contribution in [0.15, 0.2) is 18.7 Å². The van der Waals surface area contributed by atoms with Crippen molar-refractivity contribution in [2.75, 3.05) is 19.8 Å². The van der Waals surface area contributed by atoms with Gasteiger partial charge in [0.15, 0.2) is 0 Å². The average Bonchev–Trinajstić information content (AvgIpc) is 2.68. The first-order chi connectivity index (χ1) is 7.29. The SMILES string of the molecule is CC(C)NCCOCCCn1ccnc1. The molecule has 0 aromatic carbocycles. The van der Waals surface area contributed by atoms with E-state index in [-0.39, 0.29) is 0 Å². The Morgan fingerprint density at radius 3 is 2.93 bits per heavy atom. The Morgan fingerprint density at radius 2 is 2.27 bits per heavy atom. The summed E-state index contributed by atoms with van der Waals surface area (Å²) in [4.78, 5) is 3.98. The van der Waals surface area contributed by atoms with Crippen molar-refractivity contribution in [2.45, 2.75) is 32.9 Å². The zero-order valence-electron chi connectivity index (χ0n) is 9.65. The second-order valence-electron chi connectivity index (χ2n) is 3.88. The molecule has 0 fully saturated rings. The van der Waals surface area contributed by atoms with E-state index in [2.05, 4.69) is 28.7 Å². The highest BCUT2D eigenvalue weighted by molar-refractivity contribution is 4.73. The van der Waals surface area contributed by atoms with Crippen LogP contribution < -0.4 is 5.32 Å². The average molecular weight is 211 g/mol. The molecule has 4 heteroatoms. The van der Waals surface area contributed by atoms with Gasteiger partial charge in [0.25, 0.3) is 0 Å². The largest absolute Gasteiger partial charge is 0.380 e. The monoisotopic (exact) mass is 211 g/mol. The third-order valence-corrected chi connectivity index (χ3v) is 2.06. The molecule has 4 nitrogen and oxygen atoms in total. The standard InChI is InChI=1S/C11H21N3O/c1-11(2)13-5-9-15-8-3-6-14-7-4-12-10-14/h4,7,10-11,13H,3,5-6,8-9H2,1-2H3. The van der Waals surface area contributed by atoms with E-state index < -0.39 is 0 Å². The van der Waals surface area contributed by atoms with Crippen LogP contribution in [0.4, 0.5) is 0 Å². The van der Waals surface area contributed by atoms with Crippen molar-refractivity contribution in [3.05, 3.63) is 18.7 Å². The van der Waals surface area contributed by atoms with Crippen molar-refractivity contribution in [2.24, 2.45) is 0 Å². The summed E-state index contributed by atoms with van der Waals surface area (Å²) in [6, 6.07) is 0.541. The topological polar surface area (TPSA) is 39.1 Å². The molecule has 0 spiro atoms. The van der Waals surface area contributed by atoms with Gasteiger partial charge in [0.05, 0.1) is 12.9 Å². The molecule has 1 N–H and O–H groups in total. The maximum Gasteiger partial charge on any atom is 0.0945 e. The van der Waals surface area contributed by atoms with Gasteiger partial charge in [-0.25, -0.2) is 4.98 Å². The first-order valence-corrected chi connectivity index (χ1v) is 5.56. The Bertz CT molecular complexity index is 234. The lowest BCUT2D eigenvalue weighted by atomic mass is 10.4. The number of rotatable bonds is 8. The number of hydrogen-bond acceptors (Lipinski definition) is 3. The summed E-state index contributed by atoms with van der Waals surface area (Å²) in [6.45, 7) is 7.80. The Morgan fingerprint density at radius 1 is 1.40 bits per heavy atom. The minimum absolute atomic E-state index is 0.541. The van der Waals surface area contributed by atoms with Crippen LogP contribution in [0.25, 0.3) is 0 Å². The molecular formula is C11H21N3O. The van der Waals surface area contributed by atoms with Gasteiger partial charge in [-0.3, -0.25) is 0 Å². The molecule has 0 radical (unpaired) electrons. The van der Waals surface area contributed by atoms with E-state index in [1.807, 2.05) is 12.5 Å². The molecule has 1 aromatic heterocycles. The van der Waals surface area contributed by atoms with Gasteiger partial charge in [-0.15, -0.1) is 0 Å². The molecule has 0 aliphatic rings. The second kappa shape index (κ2) is 7.43. The Labute approximate surface area is 91.7 Å². The number of nitrogens with zero attached hydrogens (tertiary/aromatic N) is 2. The van der Waals surface area contributed by atoms with Crippen LogP contribution in [0.1, 0.15) is 20.3 Å². The van der Waals surface area contributed by atoms with Crippen LogP contribution in [0.2, 0.25) is 0 Å². The predicted octanol–water partition coefficient (Wildman–Crippen LogP) is 1.29. The summed E-state index contributed by atoms with van der Waals surface area (Å²) in [5, 5.41) is 3.31. The molecule has 0 unspecified atom stereocenters.